The number of hydrogen-bond acceptors (Lipinski definition) is 3. The van der Waals surface area contributed by atoms with Crippen LogP contribution in [0.2, 0.25) is 0 Å². The van der Waals surface area contributed by atoms with Crippen molar-refractivity contribution in [2.45, 2.75) is 32.2 Å². The number of carboxylic acids is 1. The van der Waals surface area contributed by atoms with Crippen molar-refractivity contribution in [3.8, 4) is 0 Å². The highest BCUT2D eigenvalue weighted by molar-refractivity contribution is 5.82. The second-order valence-electron chi connectivity index (χ2n) is 4.67. The lowest BCUT2D eigenvalue weighted by Crippen LogP contribution is -2.48. The Labute approximate surface area is 112 Å². The SMILES string of the molecule is CCC(C(=O)O)N(C)C(=O)NCCNC(=O)C1CC1. The number of amides is 3. The van der Waals surface area contributed by atoms with Crippen LogP contribution in [0.1, 0.15) is 26.2 Å². The van der Waals surface area contributed by atoms with Gasteiger partial charge in [0.2, 0.25) is 5.91 Å². The summed E-state index contributed by atoms with van der Waals surface area (Å²) in [5.74, 6) is -0.850. The average molecular weight is 271 g/mol. The van der Waals surface area contributed by atoms with Gasteiger partial charge >= 0.3 is 12.0 Å². The summed E-state index contributed by atoms with van der Waals surface area (Å²) < 4.78 is 0. The first-order valence-corrected chi connectivity index (χ1v) is 6.48. The molecular formula is C12H21N3O4. The van der Waals surface area contributed by atoms with E-state index in [0.717, 1.165) is 17.7 Å². The van der Waals surface area contributed by atoms with E-state index in [0.29, 0.717) is 13.0 Å². The normalized spacial score (nSPS) is 15.5. The van der Waals surface area contributed by atoms with Crippen LogP contribution in [0.5, 0.6) is 0 Å². The Balaban J connectivity index is 2.21. The number of carbonyl (C=O) groups excluding carboxylic acids is 2. The Morgan fingerprint density at radius 3 is 2.32 bits per heavy atom. The fourth-order valence-electron chi connectivity index (χ4n) is 1.73. The maximum atomic E-state index is 11.7. The van der Waals surface area contributed by atoms with E-state index < -0.39 is 18.0 Å². The fraction of sp³-hybridized carbons (Fsp3) is 0.750. The van der Waals surface area contributed by atoms with Gasteiger partial charge in [0.15, 0.2) is 0 Å². The van der Waals surface area contributed by atoms with E-state index >= 15 is 0 Å². The quantitative estimate of drug-likeness (QED) is 0.568. The molecule has 0 spiro atoms. The van der Waals surface area contributed by atoms with Crippen LogP contribution in [0, 0.1) is 5.92 Å². The minimum atomic E-state index is -1.03. The third-order valence-corrected chi connectivity index (χ3v) is 3.11. The minimum absolute atomic E-state index is 0.0274. The van der Waals surface area contributed by atoms with Crippen LogP contribution >= 0.6 is 0 Å². The summed E-state index contributed by atoms with van der Waals surface area (Å²) in [7, 11) is 1.44. The van der Waals surface area contributed by atoms with Gasteiger partial charge in [-0.15, -0.1) is 0 Å². The molecule has 3 amide bonds. The summed E-state index contributed by atoms with van der Waals surface area (Å²) in [6, 6.07) is -1.28. The number of nitrogens with one attached hydrogen (secondary N) is 2. The van der Waals surface area contributed by atoms with Crippen LogP contribution in [-0.2, 0) is 9.59 Å². The number of likely N-dealkylation sites (N-methyl/N-ethyl adjacent to an activating group) is 1. The van der Waals surface area contributed by atoms with Gasteiger partial charge in [0.1, 0.15) is 6.04 Å². The highest BCUT2D eigenvalue weighted by Gasteiger charge is 2.29. The first-order valence-electron chi connectivity index (χ1n) is 6.48. The molecule has 0 bridgehead atoms. The fourth-order valence-corrected chi connectivity index (χ4v) is 1.73. The molecule has 7 heteroatoms. The number of aliphatic carboxylic acids is 1. The number of urea groups is 1. The van der Waals surface area contributed by atoms with Crippen LogP contribution in [0.3, 0.4) is 0 Å². The lowest BCUT2D eigenvalue weighted by molar-refractivity contribution is -0.141. The zero-order chi connectivity index (χ0) is 14.4. The van der Waals surface area contributed by atoms with Gasteiger partial charge in [-0.25, -0.2) is 9.59 Å². The molecule has 108 valence electrons. The Hall–Kier alpha value is -1.79. The molecule has 1 unspecified atom stereocenters. The van der Waals surface area contributed by atoms with E-state index in [4.69, 9.17) is 5.11 Å². The van der Waals surface area contributed by atoms with E-state index in [1.165, 1.54) is 7.05 Å². The molecule has 0 radical (unpaired) electrons. The number of carbonyl (C=O) groups is 3. The maximum Gasteiger partial charge on any atom is 0.326 e. The monoisotopic (exact) mass is 271 g/mol. The molecule has 19 heavy (non-hydrogen) atoms. The lowest BCUT2D eigenvalue weighted by Gasteiger charge is -2.24. The molecule has 0 aliphatic heterocycles. The van der Waals surface area contributed by atoms with Crippen LogP contribution in [-0.4, -0.2) is 54.1 Å². The Morgan fingerprint density at radius 2 is 1.84 bits per heavy atom. The van der Waals surface area contributed by atoms with Crippen molar-refractivity contribution >= 4 is 17.9 Å². The average Bonchev–Trinajstić information content (AvgIpc) is 3.18. The van der Waals surface area contributed by atoms with Gasteiger partial charge < -0.3 is 20.6 Å². The molecule has 3 N–H and O–H groups in total. The van der Waals surface area contributed by atoms with Gasteiger partial charge in [0, 0.05) is 26.1 Å². The molecule has 0 aromatic carbocycles. The molecule has 0 aromatic rings. The Bertz CT molecular complexity index is 355. The molecule has 0 aromatic heterocycles. The standard InChI is InChI=1S/C12H21N3O4/c1-3-9(11(17)18)15(2)12(19)14-7-6-13-10(16)8-4-5-8/h8-9H,3-7H2,1-2H3,(H,13,16)(H,14,19)(H,17,18). The van der Waals surface area contributed by atoms with Crippen molar-refractivity contribution in [2.75, 3.05) is 20.1 Å². The van der Waals surface area contributed by atoms with Crippen molar-refractivity contribution in [2.24, 2.45) is 5.92 Å². The summed E-state index contributed by atoms with van der Waals surface area (Å²) >= 11 is 0. The second kappa shape index (κ2) is 6.96. The number of hydrogen-bond donors (Lipinski definition) is 3. The predicted molar refractivity (Wildman–Crippen MR) is 68.6 cm³/mol. The molecule has 1 fully saturated rings. The van der Waals surface area contributed by atoms with Crippen molar-refractivity contribution in [3.63, 3.8) is 0 Å². The van der Waals surface area contributed by atoms with E-state index in [2.05, 4.69) is 10.6 Å². The second-order valence-corrected chi connectivity index (χ2v) is 4.67. The third-order valence-electron chi connectivity index (χ3n) is 3.11. The smallest absolute Gasteiger partial charge is 0.326 e. The van der Waals surface area contributed by atoms with Gasteiger partial charge in [-0.1, -0.05) is 6.92 Å². The highest BCUT2D eigenvalue weighted by atomic mass is 16.4. The van der Waals surface area contributed by atoms with Gasteiger partial charge in [-0.3, -0.25) is 4.79 Å². The van der Waals surface area contributed by atoms with Crippen LogP contribution in [0.15, 0.2) is 0 Å². The van der Waals surface area contributed by atoms with Crippen molar-refractivity contribution in [1.82, 2.24) is 15.5 Å². The lowest BCUT2D eigenvalue weighted by atomic mass is 10.2. The molecule has 1 rings (SSSR count). The summed E-state index contributed by atoms with van der Waals surface area (Å²) in [6.07, 6.45) is 2.23. The molecule has 7 nitrogen and oxygen atoms in total. The van der Waals surface area contributed by atoms with Gasteiger partial charge in [-0.2, -0.15) is 0 Å². The molecule has 0 heterocycles. The highest BCUT2D eigenvalue weighted by Crippen LogP contribution is 2.28. The maximum absolute atomic E-state index is 11.7. The van der Waals surface area contributed by atoms with Crippen molar-refractivity contribution in [3.05, 3.63) is 0 Å². The first-order chi connectivity index (χ1) is 8.97. The van der Waals surface area contributed by atoms with Gasteiger partial charge in [0.25, 0.3) is 0 Å². The van der Waals surface area contributed by atoms with Gasteiger partial charge in [0.05, 0.1) is 0 Å². The molecule has 1 saturated carbocycles. The Morgan fingerprint density at radius 1 is 1.26 bits per heavy atom. The van der Waals surface area contributed by atoms with Crippen molar-refractivity contribution < 1.29 is 19.5 Å². The van der Waals surface area contributed by atoms with E-state index in [-0.39, 0.29) is 18.4 Å². The van der Waals surface area contributed by atoms with E-state index in [1.54, 1.807) is 6.92 Å². The Kier molecular flexibility index (Phi) is 5.59. The van der Waals surface area contributed by atoms with E-state index in [1.807, 2.05) is 0 Å². The third kappa shape index (κ3) is 4.76. The summed E-state index contributed by atoms with van der Waals surface area (Å²) in [6.45, 7) is 2.36. The molecular weight excluding hydrogens is 250 g/mol. The van der Waals surface area contributed by atoms with Crippen LogP contribution in [0.4, 0.5) is 4.79 Å². The van der Waals surface area contributed by atoms with Crippen molar-refractivity contribution in [1.29, 1.82) is 0 Å². The van der Waals surface area contributed by atoms with Gasteiger partial charge in [-0.05, 0) is 19.3 Å². The largest absolute Gasteiger partial charge is 0.480 e. The first kappa shape index (κ1) is 15.3. The summed E-state index contributed by atoms with van der Waals surface area (Å²) in [4.78, 5) is 35.1. The topological polar surface area (TPSA) is 98.7 Å². The number of carboxylic acid groups (broad SMARTS) is 1. The van der Waals surface area contributed by atoms with E-state index in [9.17, 15) is 14.4 Å². The summed E-state index contributed by atoms with van der Waals surface area (Å²) in [5, 5.41) is 14.2. The minimum Gasteiger partial charge on any atom is -0.480 e. The zero-order valence-electron chi connectivity index (χ0n) is 11.3. The molecule has 0 saturated heterocycles. The number of rotatable bonds is 7. The molecule has 1 aliphatic rings. The predicted octanol–water partition coefficient (Wildman–Crippen LogP) is 0.0172. The molecule has 1 atom stereocenters. The molecule has 1 aliphatic carbocycles. The zero-order valence-corrected chi connectivity index (χ0v) is 11.3. The van der Waals surface area contributed by atoms with Crippen LogP contribution in [0.25, 0.3) is 0 Å². The van der Waals surface area contributed by atoms with Crippen LogP contribution < -0.4 is 10.6 Å². The number of nitrogens with zero attached hydrogens (tertiary/aromatic N) is 1. The summed E-state index contributed by atoms with van der Waals surface area (Å²) in [5.41, 5.74) is 0.